The Morgan fingerprint density at radius 3 is 2.50 bits per heavy atom. The molecule has 1 aliphatic carbocycles. The average molecular weight is 166 g/mol. The van der Waals surface area contributed by atoms with Crippen molar-refractivity contribution in [2.24, 2.45) is 0 Å². The van der Waals surface area contributed by atoms with Crippen LogP contribution >= 0.6 is 0 Å². The minimum atomic E-state index is -0.781. The number of aryl methyl sites for hydroxylation is 1. The Kier molecular flexibility index (Phi) is 1.50. The van der Waals surface area contributed by atoms with Crippen LogP contribution in [0.2, 0.25) is 0 Å². The minimum Gasteiger partial charge on any atom is -0.204 e. The van der Waals surface area contributed by atoms with E-state index >= 15 is 0 Å². The maximum absolute atomic E-state index is 12.7. The summed E-state index contributed by atoms with van der Waals surface area (Å²) < 4.78 is 25.4. The van der Waals surface area contributed by atoms with Crippen molar-refractivity contribution in [3.63, 3.8) is 0 Å². The van der Waals surface area contributed by atoms with Crippen LogP contribution in [0.5, 0.6) is 0 Å². The second kappa shape index (κ2) is 2.41. The molecule has 0 saturated carbocycles. The summed E-state index contributed by atoms with van der Waals surface area (Å²) in [5.41, 5.74) is 2.57. The van der Waals surface area contributed by atoms with Gasteiger partial charge in [-0.05, 0) is 41.7 Å². The van der Waals surface area contributed by atoms with Gasteiger partial charge in [-0.3, -0.25) is 0 Å². The summed E-state index contributed by atoms with van der Waals surface area (Å²) in [4.78, 5) is 0. The van der Waals surface area contributed by atoms with Crippen molar-refractivity contribution >= 4 is 5.57 Å². The lowest BCUT2D eigenvalue weighted by Gasteiger charge is -2.00. The number of hydrogen-bond acceptors (Lipinski definition) is 0. The minimum absolute atomic E-state index is 0.761. The SMILES string of the molecule is C=C1CCc2cc(F)c(F)cc21. The molecule has 0 heterocycles. The lowest BCUT2D eigenvalue weighted by Crippen LogP contribution is -1.88. The van der Waals surface area contributed by atoms with Gasteiger partial charge in [-0.15, -0.1) is 0 Å². The molecule has 0 N–H and O–H groups in total. The van der Waals surface area contributed by atoms with Crippen LogP contribution in [0.15, 0.2) is 18.7 Å². The van der Waals surface area contributed by atoms with Gasteiger partial charge in [0.1, 0.15) is 0 Å². The van der Waals surface area contributed by atoms with Crippen LogP contribution in [0.25, 0.3) is 5.57 Å². The predicted molar refractivity (Wildman–Crippen MR) is 43.7 cm³/mol. The quantitative estimate of drug-likeness (QED) is 0.555. The molecule has 0 fully saturated rings. The number of hydrogen-bond donors (Lipinski definition) is 0. The van der Waals surface area contributed by atoms with Crippen molar-refractivity contribution in [1.29, 1.82) is 0 Å². The topological polar surface area (TPSA) is 0 Å². The molecular formula is C10H8F2. The molecule has 0 nitrogen and oxygen atoms in total. The summed E-state index contributed by atoms with van der Waals surface area (Å²) in [6, 6.07) is 2.50. The van der Waals surface area contributed by atoms with Crippen molar-refractivity contribution in [3.8, 4) is 0 Å². The number of halogens is 2. The highest BCUT2D eigenvalue weighted by Crippen LogP contribution is 2.31. The highest BCUT2D eigenvalue weighted by Gasteiger charge is 2.17. The third-order valence-corrected chi connectivity index (χ3v) is 2.22. The van der Waals surface area contributed by atoms with Crippen LogP contribution < -0.4 is 0 Å². The zero-order valence-corrected chi connectivity index (χ0v) is 6.53. The van der Waals surface area contributed by atoms with Gasteiger partial charge >= 0.3 is 0 Å². The van der Waals surface area contributed by atoms with Crippen molar-refractivity contribution in [3.05, 3.63) is 41.5 Å². The van der Waals surface area contributed by atoms with E-state index in [1.165, 1.54) is 12.1 Å². The summed E-state index contributed by atoms with van der Waals surface area (Å²) in [5, 5.41) is 0. The summed E-state index contributed by atoms with van der Waals surface area (Å²) in [7, 11) is 0. The van der Waals surface area contributed by atoms with Crippen LogP contribution in [-0.4, -0.2) is 0 Å². The molecule has 1 aromatic carbocycles. The molecule has 0 aromatic heterocycles. The molecule has 1 aliphatic rings. The standard InChI is InChI=1S/C10H8F2/c1-6-2-3-7-4-9(11)10(12)5-8(6)7/h4-5H,1-3H2. The predicted octanol–water partition coefficient (Wildman–Crippen LogP) is 2.92. The first-order valence-corrected chi connectivity index (χ1v) is 3.84. The maximum Gasteiger partial charge on any atom is 0.159 e. The maximum atomic E-state index is 12.7. The lowest BCUT2D eigenvalue weighted by molar-refractivity contribution is 0.507. The van der Waals surface area contributed by atoms with Crippen LogP contribution in [0, 0.1) is 11.6 Å². The molecular weight excluding hydrogens is 158 g/mol. The largest absolute Gasteiger partial charge is 0.204 e. The summed E-state index contributed by atoms with van der Waals surface area (Å²) in [6.07, 6.45) is 1.60. The van der Waals surface area contributed by atoms with Gasteiger partial charge in [0.2, 0.25) is 0 Å². The van der Waals surface area contributed by atoms with Crippen LogP contribution in [0.3, 0.4) is 0 Å². The van der Waals surface area contributed by atoms with Crippen LogP contribution in [0.4, 0.5) is 8.78 Å². The Labute approximate surface area is 69.5 Å². The second-order valence-electron chi connectivity index (χ2n) is 3.03. The number of allylic oxidation sites excluding steroid dienone is 1. The zero-order chi connectivity index (χ0) is 8.72. The Morgan fingerprint density at radius 2 is 1.75 bits per heavy atom. The van der Waals surface area contributed by atoms with E-state index in [1.54, 1.807) is 0 Å². The average Bonchev–Trinajstić information content (AvgIpc) is 2.35. The van der Waals surface area contributed by atoms with E-state index < -0.39 is 11.6 Å². The molecule has 0 amide bonds. The number of rotatable bonds is 0. The Bertz CT molecular complexity index is 353. The van der Waals surface area contributed by atoms with E-state index in [-0.39, 0.29) is 0 Å². The monoisotopic (exact) mass is 166 g/mol. The van der Waals surface area contributed by atoms with Gasteiger partial charge in [-0.1, -0.05) is 6.58 Å². The second-order valence-corrected chi connectivity index (χ2v) is 3.03. The van der Waals surface area contributed by atoms with E-state index in [2.05, 4.69) is 6.58 Å². The number of fused-ring (bicyclic) bond motifs is 1. The molecule has 2 rings (SSSR count). The Hall–Kier alpha value is -1.18. The third kappa shape index (κ3) is 0.951. The third-order valence-electron chi connectivity index (χ3n) is 2.22. The molecule has 0 aliphatic heterocycles. The van der Waals surface area contributed by atoms with E-state index in [0.29, 0.717) is 0 Å². The van der Waals surface area contributed by atoms with Crippen molar-refractivity contribution < 1.29 is 8.78 Å². The summed E-state index contributed by atoms with van der Waals surface area (Å²) in [6.45, 7) is 3.78. The highest BCUT2D eigenvalue weighted by molar-refractivity contribution is 5.70. The van der Waals surface area contributed by atoms with Crippen molar-refractivity contribution in [2.45, 2.75) is 12.8 Å². The fourth-order valence-electron chi connectivity index (χ4n) is 1.54. The van der Waals surface area contributed by atoms with E-state index in [9.17, 15) is 8.78 Å². The smallest absolute Gasteiger partial charge is 0.159 e. The molecule has 1 aromatic rings. The van der Waals surface area contributed by atoms with E-state index in [0.717, 1.165) is 29.5 Å². The Balaban J connectivity index is 2.63. The van der Waals surface area contributed by atoms with Gasteiger partial charge in [0, 0.05) is 0 Å². The number of benzene rings is 1. The molecule has 0 radical (unpaired) electrons. The molecule has 0 spiro atoms. The molecule has 12 heavy (non-hydrogen) atoms. The first kappa shape index (κ1) is 7.47. The normalized spacial score (nSPS) is 15.0. The van der Waals surface area contributed by atoms with Crippen LogP contribution in [-0.2, 0) is 6.42 Å². The fraction of sp³-hybridized carbons (Fsp3) is 0.200. The molecule has 62 valence electrons. The first-order valence-electron chi connectivity index (χ1n) is 3.84. The van der Waals surface area contributed by atoms with Gasteiger partial charge in [-0.2, -0.15) is 0 Å². The van der Waals surface area contributed by atoms with E-state index in [4.69, 9.17) is 0 Å². The highest BCUT2D eigenvalue weighted by atomic mass is 19.2. The van der Waals surface area contributed by atoms with E-state index in [1.807, 2.05) is 0 Å². The van der Waals surface area contributed by atoms with Crippen molar-refractivity contribution in [1.82, 2.24) is 0 Å². The van der Waals surface area contributed by atoms with Gasteiger partial charge in [0.15, 0.2) is 11.6 Å². The summed E-state index contributed by atoms with van der Waals surface area (Å²) in [5.74, 6) is -1.54. The molecule has 0 bridgehead atoms. The Morgan fingerprint density at radius 1 is 1.08 bits per heavy atom. The molecule has 0 saturated heterocycles. The summed E-state index contributed by atoms with van der Waals surface area (Å²) >= 11 is 0. The van der Waals surface area contributed by atoms with Gasteiger partial charge in [-0.25, -0.2) is 8.78 Å². The zero-order valence-electron chi connectivity index (χ0n) is 6.53. The van der Waals surface area contributed by atoms with Gasteiger partial charge in [0.25, 0.3) is 0 Å². The van der Waals surface area contributed by atoms with Gasteiger partial charge < -0.3 is 0 Å². The van der Waals surface area contributed by atoms with Gasteiger partial charge in [0.05, 0.1) is 0 Å². The molecule has 0 unspecified atom stereocenters. The lowest BCUT2D eigenvalue weighted by atomic mass is 10.1. The van der Waals surface area contributed by atoms with Crippen LogP contribution in [0.1, 0.15) is 17.5 Å². The molecule has 0 atom stereocenters. The fourth-order valence-corrected chi connectivity index (χ4v) is 1.54. The molecule has 2 heteroatoms. The first-order chi connectivity index (χ1) is 5.68. The van der Waals surface area contributed by atoms with Crippen molar-refractivity contribution in [2.75, 3.05) is 0 Å².